The number of hydrogen-bond acceptors (Lipinski definition) is 3. The minimum Gasteiger partial charge on any atom is -0.449 e. The molecule has 2 rings (SSSR count). The molecular weight excluding hydrogens is 273 g/mol. The molecule has 1 aliphatic rings. The number of nitrogens with zero attached hydrogens (tertiary/aromatic N) is 1. The molecule has 0 bridgehead atoms. The molecule has 1 heterocycles. The normalized spacial score (nSPS) is 19.9. The Kier molecular flexibility index (Phi) is 4.17. The van der Waals surface area contributed by atoms with Crippen molar-refractivity contribution in [3.63, 3.8) is 0 Å². The van der Waals surface area contributed by atoms with E-state index in [1.54, 1.807) is 6.07 Å². The van der Waals surface area contributed by atoms with Gasteiger partial charge in [0.05, 0.1) is 18.2 Å². The average Bonchev–Trinajstić information content (AvgIpc) is 2.40. The van der Waals surface area contributed by atoms with Crippen LogP contribution in [0.4, 0.5) is 18.0 Å². The zero-order chi connectivity index (χ0) is 14.8. The average molecular weight is 288 g/mol. The van der Waals surface area contributed by atoms with Crippen LogP contribution in [0.3, 0.4) is 0 Å². The number of nitrogens with two attached hydrogens (primary N) is 1. The second-order valence-corrected chi connectivity index (χ2v) is 4.52. The van der Waals surface area contributed by atoms with Crippen molar-refractivity contribution in [1.82, 2.24) is 4.90 Å². The van der Waals surface area contributed by atoms with Crippen LogP contribution < -0.4 is 5.73 Å². The summed E-state index contributed by atoms with van der Waals surface area (Å²) in [5.41, 5.74) is 5.16. The van der Waals surface area contributed by atoms with Crippen LogP contribution in [-0.4, -0.2) is 30.7 Å². The summed E-state index contributed by atoms with van der Waals surface area (Å²) in [6.07, 6.45) is -4.49. The zero-order valence-electron chi connectivity index (χ0n) is 10.7. The highest BCUT2D eigenvalue weighted by Crippen LogP contribution is 2.34. The lowest BCUT2D eigenvalue weighted by atomic mass is 9.99. The van der Waals surface area contributed by atoms with Gasteiger partial charge in [-0.05, 0) is 17.7 Å². The Labute approximate surface area is 114 Å². The van der Waals surface area contributed by atoms with E-state index < -0.39 is 23.9 Å². The minimum atomic E-state index is -4.40. The molecule has 110 valence electrons. The molecule has 1 fully saturated rings. The van der Waals surface area contributed by atoms with E-state index in [0.717, 1.165) is 12.1 Å². The molecule has 1 unspecified atom stereocenters. The van der Waals surface area contributed by atoms with E-state index in [0.29, 0.717) is 12.0 Å². The summed E-state index contributed by atoms with van der Waals surface area (Å²) in [6.45, 7) is 0.672. The third-order valence-electron chi connectivity index (χ3n) is 3.20. The molecule has 2 N–H and O–H groups in total. The maximum atomic E-state index is 12.7. The Bertz CT molecular complexity index is 491. The van der Waals surface area contributed by atoms with Gasteiger partial charge in [0, 0.05) is 19.5 Å². The third-order valence-corrected chi connectivity index (χ3v) is 3.20. The molecule has 4 nitrogen and oxygen atoms in total. The lowest BCUT2D eigenvalue weighted by Crippen LogP contribution is -2.43. The van der Waals surface area contributed by atoms with E-state index in [9.17, 15) is 18.0 Å². The van der Waals surface area contributed by atoms with Gasteiger partial charge in [-0.2, -0.15) is 13.2 Å². The van der Waals surface area contributed by atoms with Gasteiger partial charge >= 0.3 is 12.3 Å². The quantitative estimate of drug-likeness (QED) is 0.930. The van der Waals surface area contributed by atoms with Crippen molar-refractivity contribution >= 4 is 6.09 Å². The van der Waals surface area contributed by atoms with Gasteiger partial charge in [0.15, 0.2) is 0 Å². The molecule has 0 spiro atoms. The molecule has 1 saturated heterocycles. The SMILES string of the molecule is NCCN1C(=O)OCCC1c1cccc(C(F)(F)F)c1. The Morgan fingerprint density at radius 2 is 2.15 bits per heavy atom. The van der Waals surface area contributed by atoms with E-state index in [1.165, 1.54) is 11.0 Å². The van der Waals surface area contributed by atoms with E-state index in [4.69, 9.17) is 10.5 Å². The lowest BCUT2D eigenvalue weighted by molar-refractivity contribution is -0.137. The molecule has 0 saturated carbocycles. The van der Waals surface area contributed by atoms with Crippen LogP contribution in [0.25, 0.3) is 0 Å². The molecule has 0 radical (unpaired) electrons. The summed E-state index contributed by atoms with van der Waals surface area (Å²) in [5, 5.41) is 0. The Hall–Kier alpha value is -1.76. The fraction of sp³-hybridized carbons (Fsp3) is 0.462. The fourth-order valence-corrected chi connectivity index (χ4v) is 2.28. The number of carbonyl (C=O) groups excluding carboxylic acids is 1. The van der Waals surface area contributed by atoms with Crippen LogP contribution >= 0.6 is 0 Å². The van der Waals surface area contributed by atoms with Gasteiger partial charge in [0.25, 0.3) is 0 Å². The molecule has 1 atom stereocenters. The van der Waals surface area contributed by atoms with Gasteiger partial charge in [-0.25, -0.2) is 4.79 Å². The number of benzene rings is 1. The van der Waals surface area contributed by atoms with E-state index in [1.807, 2.05) is 0 Å². The molecule has 1 amide bonds. The first kappa shape index (κ1) is 14.6. The number of carbonyl (C=O) groups is 1. The van der Waals surface area contributed by atoms with Crippen molar-refractivity contribution < 1.29 is 22.7 Å². The highest BCUT2D eigenvalue weighted by molar-refractivity contribution is 5.69. The number of alkyl halides is 3. The van der Waals surface area contributed by atoms with Crippen molar-refractivity contribution in [3.8, 4) is 0 Å². The van der Waals surface area contributed by atoms with Gasteiger partial charge in [-0.1, -0.05) is 12.1 Å². The molecule has 0 aromatic heterocycles. The molecule has 1 aromatic rings. The molecular formula is C13H15F3N2O2. The number of amides is 1. The van der Waals surface area contributed by atoms with Crippen molar-refractivity contribution in [1.29, 1.82) is 0 Å². The minimum absolute atomic E-state index is 0.195. The first-order valence-corrected chi connectivity index (χ1v) is 6.24. The number of ether oxygens (including phenoxy) is 1. The molecule has 0 aliphatic carbocycles. The summed E-state index contributed by atoms with van der Waals surface area (Å²) >= 11 is 0. The maximum absolute atomic E-state index is 12.7. The Morgan fingerprint density at radius 1 is 1.40 bits per heavy atom. The van der Waals surface area contributed by atoms with Gasteiger partial charge in [0.2, 0.25) is 0 Å². The smallest absolute Gasteiger partial charge is 0.416 e. The summed E-state index contributed by atoms with van der Waals surface area (Å²) in [4.78, 5) is 13.0. The molecule has 1 aromatic carbocycles. The van der Waals surface area contributed by atoms with Crippen LogP contribution in [0.1, 0.15) is 23.6 Å². The first-order valence-electron chi connectivity index (χ1n) is 6.24. The third kappa shape index (κ3) is 3.04. The van der Waals surface area contributed by atoms with Gasteiger partial charge in [0.1, 0.15) is 0 Å². The lowest BCUT2D eigenvalue weighted by Gasteiger charge is -2.35. The molecule has 1 aliphatic heterocycles. The van der Waals surface area contributed by atoms with Crippen molar-refractivity contribution in [2.24, 2.45) is 5.73 Å². The number of cyclic esters (lactones) is 1. The highest BCUT2D eigenvalue weighted by Gasteiger charge is 2.34. The van der Waals surface area contributed by atoms with Gasteiger partial charge in [-0.15, -0.1) is 0 Å². The van der Waals surface area contributed by atoms with Crippen molar-refractivity contribution in [2.75, 3.05) is 19.7 Å². The van der Waals surface area contributed by atoms with Crippen molar-refractivity contribution in [2.45, 2.75) is 18.6 Å². The van der Waals surface area contributed by atoms with Gasteiger partial charge in [-0.3, -0.25) is 4.90 Å². The van der Waals surface area contributed by atoms with Crippen LogP contribution in [0.5, 0.6) is 0 Å². The summed E-state index contributed by atoms with van der Waals surface area (Å²) in [6, 6.07) is 4.59. The van der Waals surface area contributed by atoms with Crippen LogP contribution in [0, 0.1) is 0 Å². The predicted molar refractivity (Wildman–Crippen MR) is 65.9 cm³/mol. The zero-order valence-corrected chi connectivity index (χ0v) is 10.7. The van der Waals surface area contributed by atoms with Gasteiger partial charge < -0.3 is 10.5 Å². The summed E-state index contributed by atoms with van der Waals surface area (Å²) < 4.78 is 43.1. The van der Waals surface area contributed by atoms with Crippen LogP contribution in [-0.2, 0) is 10.9 Å². The molecule has 20 heavy (non-hydrogen) atoms. The highest BCUT2D eigenvalue weighted by atomic mass is 19.4. The number of rotatable bonds is 3. The first-order chi connectivity index (χ1) is 9.43. The summed E-state index contributed by atoms with van der Waals surface area (Å²) in [5.74, 6) is 0. The Balaban J connectivity index is 2.31. The van der Waals surface area contributed by atoms with Crippen LogP contribution in [0.15, 0.2) is 24.3 Å². The largest absolute Gasteiger partial charge is 0.449 e. The van der Waals surface area contributed by atoms with Crippen molar-refractivity contribution in [3.05, 3.63) is 35.4 Å². The maximum Gasteiger partial charge on any atom is 0.416 e. The second-order valence-electron chi connectivity index (χ2n) is 4.52. The van der Waals surface area contributed by atoms with E-state index in [2.05, 4.69) is 0 Å². The number of hydrogen-bond donors (Lipinski definition) is 1. The van der Waals surface area contributed by atoms with Crippen LogP contribution in [0.2, 0.25) is 0 Å². The van der Waals surface area contributed by atoms with E-state index in [-0.39, 0.29) is 19.7 Å². The summed E-state index contributed by atoms with van der Waals surface area (Å²) in [7, 11) is 0. The number of halogens is 3. The van der Waals surface area contributed by atoms with E-state index >= 15 is 0 Å². The predicted octanol–water partition coefficient (Wildman–Crippen LogP) is 2.55. The standard InChI is InChI=1S/C13H15F3N2O2/c14-13(15,16)10-3-1-2-9(8-10)11-4-7-20-12(19)18(11)6-5-17/h1-3,8,11H,4-7,17H2. The molecule has 7 heteroatoms. The Morgan fingerprint density at radius 3 is 2.80 bits per heavy atom. The fourth-order valence-electron chi connectivity index (χ4n) is 2.28. The topological polar surface area (TPSA) is 55.6 Å². The monoisotopic (exact) mass is 288 g/mol. The second kappa shape index (κ2) is 5.70.